The molecule has 1 aromatic heterocycles. The van der Waals surface area contributed by atoms with Gasteiger partial charge in [0.2, 0.25) is 0 Å². The van der Waals surface area contributed by atoms with Crippen LogP contribution in [-0.4, -0.2) is 24.3 Å². The number of para-hydroxylation sites is 1. The summed E-state index contributed by atoms with van der Waals surface area (Å²) in [6.07, 6.45) is 0. The van der Waals surface area contributed by atoms with Crippen LogP contribution in [0.15, 0.2) is 76.4 Å². The lowest BCUT2D eigenvalue weighted by Gasteiger charge is -2.14. The smallest absolute Gasteiger partial charge is 0.322 e. The molecule has 0 saturated carbocycles. The minimum absolute atomic E-state index is 0.0416. The summed E-state index contributed by atoms with van der Waals surface area (Å²) in [4.78, 5) is 29.4. The number of carbonyl (C=O) groups is 1. The van der Waals surface area contributed by atoms with Crippen molar-refractivity contribution in [3.63, 3.8) is 0 Å². The summed E-state index contributed by atoms with van der Waals surface area (Å²) in [5.74, 6) is -0.132. The maximum atomic E-state index is 13.0. The van der Waals surface area contributed by atoms with Crippen molar-refractivity contribution in [2.75, 3.05) is 10.0 Å². The van der Waals surface area contributed by atoms with Crippen molar-refractivity contribution in [1.82, 2.24) is 9.97 Å². The van der Waals surface area contributed by atoms with Gasteiger partial charge in [0.15, 0.2) is 0 Å². The molecule has 0 spiro atoms. The number of fused-ring (bicyclic) bond motifs is 1. The summed E-state index contributed by atoms with van der Waals surface area (Å²) in [6.45, 7) is 4.12. The van der Waals surface area contributed by atoms with Gasteiger partial charge in [-0.2, -0.15) is 0 Å². The highest BCUT2D eigenvalue weighted by molar-refractivity contribution is 7.92. The van der Waals surface area contributed by atoms with E-state index in [4.69, 9.17) is 0 Å². The van der Waals surface area contributed by atoms with Crippen molar-refractivity contribution in [2.45, 2.75) is 24.7 Å². The van der Waals surface area contributed by atoms with E-state index in [1.54, 1.807) is 24.3 Å². The predicted octanol–water partition coefficient (Wildman–Crippen LogP) is 4.03. The van der Waals surface area contributed by atoms with Gasteiger partial charge in [0.05, 0.1) is 27.2 Å². The standard InChI is InChI=1S/C23H22N4O4S/c1-14(2)15-6-5-7-16(12-15)24-22(28)18-8-3-4-9-19(18)27-32(30,31)17-10-11-20-21(13-17)26-23(29)25-20/h3-14,27H,1-2H3,(H,24,28)(H2,25,26,29). The van der Waals surface area contributed by atoms with Crippen LogP contribution >= 0.6 is 0 Å². The van der Waals surface area contributed by atoms with E-state index in [1.807, 2.05) is 18.2 Å². The van der Waals surface area contributed by atoms with E-state index in [0.717, 1.165) is 5.56 Å². The Kier molecular flexibility index (Phi) is 5.58. The van der Waals surface area contributed by atoms with E-state index in [2.05, 4.69) is 33.9 Å². The SMILES string of the molecule is CC(C)c1cccc(NC(=O)c2ccccc2NS(=O)(=O)c2ccc3[nH]c(=O)[nH]c3c2)c1. The summed E-state index contributed by atoms with van der Waals surface area (Å²) in [5.41, 5.74) is 2.47. The number of anilines is 2. The van der Waals surface area contributed by atoms with Crippen LogP contribution in [0.5, 0.6) is 0 Å². The summed E-state index contributed by atoms with van der Waals surface area (Å²) in [7, 11) is -4.01. The fraction of sp³-hybridized carbons (Fsp3) is 0.130. The second kappa shape index (κ2) is 8.35. The third-order valence-corrected chi connectivity index (χ3v) is 6.39. The molecule has 0 fully saturated rings. The largest absolute Gasteiger partial charge is 0.323 e. The number of amides is 1. The molecule has 0 bridgehead atoms. The van der Waals surface area contributed by atoms with Crippen molar-refractivity contribution in [3.8, 4) is 0 Å². The molecular formula is C23H22N4O4S. The number of sulfonamides is 1. The normalized spacial score (nSPS) is 11.6. The van der Waals surface area contributed by atoms with Gasteiger partial charge >= 0.3 is 5.69 Å². The van der Waals surface area contributed by atoms with Crippen molar-refractivity contribution >= 4 is 38.3 Å². The lowest BCUT2D eigenvalue weighted by Crippen LogP contribution is -2.18. The molecule has 0 aliphatic carbocycles. The van der Waals surface area contributed by atoms with E-state index in [9.17, 15) is 18.0 Å². The second-order valence-electron chi connectivity index (χ2n) is 7.67. The molecule has 3 aromatic carbocycles. The third kappa shape index (κ3) is 4.42. The number of carbonyl (C=O) groups excluding carboxylic acids is 1. The molecule has 4 rings (SSSR count). The van der Waals surface area contributed by atoms with Gasteiger partial charge in [0, 0.05) is 5.69 Å². The fourth-order valence-electron chi connectivity index (χ4n) is 3.33. The Hall–Kier alpha value is -3.85. The van der Waals surface area contributed by atoms with E-state index in [0.29, 0.717) is 22.6 Å². The van der Waals surface area contributed by atoms with E-state index in [-0.39, 0.29) is 16.1 Å². The van der Waals surface area contributed by atoms with Gasteiger partial charge < -0.3 is 15.3 Å². The van der Waals surface area contributed by atoms with Crippen LogP contribution in [0, 0.1) is 0 Å². The average molecular weight is 451 g/mol. The summed E-state index contributed by atoms with van der Waals surface area (Å²) >= 11 is 0. The Morgan fingerprint density at radius 3 is 2.44 bits per heavy atom. The number of nitrogens with one attached hydrogen (secondary N) is 4. The summed E-state index contributed by atoms with van der Waals surface area (Å²) in [6, 6.07) is 18.1. The lowest BCUT2D eigenvalue weighted by atomic mass is 10.0. The minimum Gasteiger partial charge on any atom is -0.322 e. The van der Waals surface area contributed by atoms with Crippen LogP contribution in [0.2, 0.25) is 0 Å². The monoisotopic (exact) mass is 450 g/mol. The molecule has 1 amide bonds. The van der Waals surface area contributed by atoms with Crippen LogP contribution in [0.4, 0.5) is 11.4 Å². The summed E-state index contributed by atoms with van der Waals surface area (Å²) < 4.78 is 28.4. The van der Waals surface area contributed by atoms with Gasteiger partial charge in [0.1, 0.15) is 0 Å². The Bertz CT molecular complexity index is 1470. The number of rotatable bonds is 6. The second-order valence-corrected chi connectivity index (χ2v) is 9.35. The zero-order valence-corrected chi connectivity index (χ0v) is 18.3. The first kappa shape index (κ1) is 21.4. The zero-order valence-electron chi connectivity index (χ0n) is 17.5. The first-order chi connectivity index (χ1) is 15.2. The van der Waals surface area contributed by atoms with Crippen molar-refractivity contribution in [1.29, 1.82) is 0 Å². The highest BCUT2D eigenvalue weighted by atomic mass is 32.2. The Morgan fingerprint density at radius 1 is 0.906 bits per heavy atom. The highest BCUT2D eigenvalue weighted by Gasteiger charge is 2.19. The van der Waals surface area contributed by atoms with Gasteiger partial charge in [-0.05, 0) is 53.9 Å². The Labute approximate surface area is 184 Å². The van der Waals surface area contributed by atoms with Gasteiger partial charge in [-0.1, -0.05) is 38.1 Å². The fourth-order valence-corrected chi connectivity index (χ4v) is 4.43. The maximum absolute atomic E-state index is 13.0. The predicted molar refractivity (Wildman–Crippen MR) is 125 cm³/mol. The van der Waals surface area contributed by atoms with Crippen LogP contribution < -0.4 is 15.7 Å². The van der Waals surface area contributed by atoms with Gasteiger partial charge in [-0.25, -0.2) is 13.2 Å². The topological polar surface area (TPSA) is 124 Å². The molecule has 4 N–H and O–H groups in total. The molecule has 32 heavy (non-hydrogen) atoms. The lowest BCUT2D eigenvalue weighted by molar-refractivity contribution is 0.102. The van der Waals surface area contributed by atoms with Crippen LogP contribution in [0.25, 0.3) is 11.0 Å². The van der Waals surface area contributed by atoms with E-state index in [1.165, 1.54) is 24.3 Å². The first-order valence-electron chi connectivity index (χ1n) is 9.98. The third-order valence-electron chi connectivity index (χ3n) is 5.02. The Balaban J connectivity index is 1.61. The quantitative estimate of drug-likeness (QED) is 0.354. The first-order valence-corrected chi connectivity index (χ1v) is 11.5. The molecule has 9 heteroatoms. The van der Waals surface area contributed by atoms with Crippen LogP contribution in [0.3, 0.4) is 0 Å². The maximum Gasteiger partial charge on any atom is 0.323 e. The van der Waals surface area contributed by atoms with Crippen molar-refractivity contribution in [2.24, 2.45) is 0 Å². The molecule has 164 valence electrons. The molecular weight excluding hydrogens is 428 g/mol. The zero-order chi connectivity index (χ0) is 22.9. The minimum atomic E-state index is -4.01. The Morgan fingerprint density at radius 2 is 1.66 bits per heavy atom. The number of hydrogen-bond acceptors (Lipinski definition) is 4. The number of aromatic amines is 2. The van der Waals surface area contributed by atoms with Gasteiger partial charge in [0.25, 0.3) is 15.9 Å². The molecule has 1 heterocycles. The van der Waals surface area contributed by atoms with E-state index >= 15 is 0 Å². The molecule has 0 saturated heterocycles. The van der Waals surface area contributed by atoms with Crippen molar-refractivity contribution < 1.29 is 13.2 Å². The summed E-state index contributed by atoms with van der Waals surface area (Å²) in [5, 5.41) is 2.83. The molecule has 0 radical (unpaired) electrons. The molecule has 0 aliphatic heterocycles. The van der Waals surface area contributed by atoms with E-state index < -0.39 is 21.6 Å². The molecule has 0 aliphatic rings. The molecule has 0 unspecified atom stereocenters. The van der Waals surface area contributed by atoms with Crippen molar-refractivity contribution in [3.05, 3.63) is 88.3 Å². The number of benzene rings is 3. The number of hydrogen-bond donors (Lipinski definition) is 4. The number of aromatic nitrogens is 2. The molecule has 8 nitrogen and oxygen atoms in total. The van der Waals surface area contributed by atoms with Gasteiger partial charge in [-0.3, -0.25) is 9.52 Å². The highest BCUT2D eigenvalue weighted by Crippen LogP contribution is 2.24. The number of imidazole rings is 1. The van der Waals surface area contributed by atoms with Crippen LogP contribution in [-0.2, 0) is 10.0 Å². The van der Waals surface area contributed by atoms with Gasteiger partial charge in [-0.15, -0.1) is 0 Å². The molecule has 4 aromatic rings. The average Bonchev–Trinajstić information content (AvgIpc) is 3.13. The molecule has 0 atom stereocenters. The number of H-pyrrole nitrogens is 2. The van der Waals surface area contributed by atoms with Crippen LogP contribution in [0.1, 0.15) is 35.7 Å².